The minimum Gasteiger partial charge on any atom is -0.505 e. The van der Waals surface area contributed by atoms with Crippen LogP contribution in [-0.2, 0) is 32.5 Å². The van der Waals surface area contributed by atoms with Crippen molar-refractivity contribution in [3.63, 3.8) is 0 Å². The van der Waals surface area contributed by atoms with Gasteiger partial charge >= 0.3 is 0 Å². The molecule has 10 rings (SSSR count). The predicted octanol–water partition coefficient (Wildman–Crippen LogP) is 24.0. The molecule has 0 aliphatic heterocycles. The summed E-state index contributed by atoms with van der Waals surface area (Å²) in [5.41, 5.74) is 13.3. The first-order valence-corrected chi connectivity index (χ1v) is 33.6. The second kappa shape index (κ2) is 25.3. The zero-order valence-corrected chi connectivity index (χ0v) is 63.1. The Morgan fingerprint density at radius 1 is 0.351 bits per heavy atom. The third kappa shape index (κ3) is 14.5. The number of aryl methyl sites for hydroxylation is 2. The second-order valence-electron chi connectivity index (χ2n) is 34.9. The fourth-order valence-electron chi connectivity index (χ4n) is 14.7. The van der Waals surface area contributed by atoms with Crippen molar-refractivity contribution in [1.82, 2.24) is 9.13 Å². The van der Waals surface area contributed by atoms with E-state index < -0.39 is 11.6 Å². The molecule has 0 saturated heterocycles. The number of nitrogens with zero attached hydrogens (tertiary/aromatic N) is 2. The largest absolute Gasteiger partial charge is 0.505 e. The van der Waals surface area contributed by atoms with Gasteiger partial charge in [0.2, 0.25) is 0 Å². The molecule has 9 heteroatoms. The van der Waals surface area contributed by atoms with Crippen LogP contribution in [0.2, 0.25) is 0 Å². The second-order valence-corrected chi connectivity index (χ2v) is 34.9. The maximum Gasteiger partial charge on any atom is 0.147 e. The molecule has 6 nitrogen and oxygen atoms in total. The van der Waals surface area contributed by atoms with Crippen LogP contribution in [0.3, 0.4) is 0 Å². The van der Waals surface area contributed by atoms with E-state index in [-0.39, 0.29) is 108 Å². The molecule has 0 amide bonds. The smallest absolute Gasteiger partial charge is 0.147 e. The Hall–Kier alpha value is -6.26. The Balaban J connectivity index is 0.0000104. The molecule has 0 unspecified atom stereocenters. The van der Waals surface area contributed by atoms with E-state index in [0.717, 1.165) is 67.6 Å². The minimum atomic E-state index is -0.445. The molecule has 0 atom stereocenters. The SMILES string of the molecule is Cc1cc(F)cc(-c2cc(C(C)(C)CC(C)(C)C)cc(-n3c4cc(C(C)(C)C)ccc4c4ccc(C(C)(C)C)cc43)c2O)c1OCCCOc1c(C)cc(F)cc1-c1cc(C(C)(C)CC(C)(C)C)cc(-n2c3cc(C(C)(C)C)ccc3c3ccc(C(C)(C)C)cc32)c1O.[Gd]. The average molecular weight is 1410 g/mol. The molecule has 0 bridgehead atoms. The van der Waals surface area contributed by atoms with E-state index in [1.165, 1.54) is 46.5 Å². The van der Waals surface area contributed by atoms with Crippen molar-refractivity contribution in [2.45, 2.75) is 218 Å². The van der Waals surface area contributed by atoms with Crippen molar-refractivity contribution in [3.8, 4) is 56.6 Å². The zero-order valence-electron chi connectivity index (χ0n) is 60.8. The Bertz CT molecular complexity index is 4120. The summed E-state index contributed by atoms with van der Waals surface area (Å²) in [7, 11) is 0. The number of phenols is 2. The quantitative estimate of drug-likeness (QED) is 0.106. The molecule has 0 aliphatic rings. The maximum atomic E-state index is 16.3. The molecule has 0 fully saturated rings. The van der Waals surface area contributed by atoms with Crippen LogP contribution in [0.25, 0.3) is 77.2 Å². The number of rotatable bonds is 14. The number of fused-ring (bicyclic) bond motifs is 6. The van der Waals surface area contributed by atoms with Gasteiger partial charge in [-0.05, 0) is 187 Å². The number of phenolic OH excluding ortho intramolecular Hbond substituents is 2. The maximum absolute atomic E-state index is 16.3. The van der Waals surface area contributed by atoms with Gasteiger partial charge in [-0.3, -0.25) is 0 Å². The number of aromatic nitrogens is 2. The van der Waals surface area contributed by atoms with Gasteiger partial charge in [0.15, 0.2) is 0 Å². The molecule has 0 saturated carbocycles. The number of benzene rings is 8. The number of ether oxygens (including phenoxy) is 2. The van der Waals surface area contributed by atoms with E-state index >= 15 is 8.78 Å². The van der Waals surface area contributed by atoms with E-state index in [9.17, 15) is 10.2 Å². The van der Waals surface area contributed by atoms with Crippen molar-refractivity contribution in [3.05, 3.63) is 177 Å². The summed E-state index contributed by atoms with van der Waals surface area (Å²) in [6.45, 7) is 53.2. The fourth-order valence-corrected chi connectivity index (χ4v) is 14.7. The minimum absolute atomic E-state index is 0. The number of aromatic hydroxyl groups is 2. The van der Waals surface area contributed by atoms with E-state index in [1.54, 1.807) is 0 Å². The molecule has 0 spiro atoms. The van der Waals surface area contributed by atoms with E-state index in [2.05, 4.69) is 246 Å². The third-order valence-corrected chi connectivity index (χ3v) is 19.0. The van der Waals surface area contributed by atoms with Gasteiger partial charge in [0, 0.05) is 90.2 Å². The molecule has 0 radical (unpaired) electrons. The van der Waals surface area contributed by atoms with E-state index in [4.69, 9.17) is 9.47 Å². The van der Waals surface area contributed by atoms with Crippen LogP contribution in [-0.4, -0.2) is 32.6 Å². The summed E-state index contributed by atoms with van der Waals surface area (Å²) in [5, 5.41) is 30.8. The monoisotopic (exact) mass is 1410 g/mol. The molecule has 2 aromatic heterocycles. The molecule has 2 heterocycles. The van der Waals surface area contributed by atoms with Crippen molar-refractivity contribution in [2.75, 3.05) is 13.2 Å². The van der Waals surface area contributed by atoms with Gasteiger partial charge in [-0.1, -0.05) is 201 Å². The first kappa shape index (κ1) is 72.0. The van der Waals surface area contributed by atoms with E-state index in [0.29, 0.717) is 62.7 Å². The van der Waals surface area contributed by atoms with Gasteiger partial charge in [-0.15, -0.1) is 0 Å². The van der Waals surface area contributed by atoms with Gasteiger partial charge in [-0.2, -0.15) is 0 Å². The van der Waals surface area contributed by atoms with Crippen LogP contribution in [0.5, 0.6) is 23.0 Å². The van der Waals surface area contributed by atoms with Crippen molar-refractivity contribution in [2.24, 2.45) is 10.8 Å². The van der Waals surface area contributed by atoms with Gasteiger partial charge in [0.25, 0.3) is 0 Å². The van der Waals surface area contributed by atoms with Gasteiger partial charge in [-0.25, -0.2) is 8.78 Å². The predicted molar refractivity (Wildman–Crippen MR) is 390 cm³/mol. The molecule has 0 aliphatic carbocycles. The molecular weight excluding hydrogens is 1310 g/mol. The third-order valence-electron chi connectivity index (χ3n) is 19.0. The van der Waals surface area contributed by atoms with Crippen LogP contribution in [0.1, 0.15) is 216 Å². The Labute approximate surface area is 592 Å². The Morgan fingerprint density at radius 2 is 0.628 bits per heavy atom. The first-order valence-electron chi connectivity index (χ1n) is 33.6. The van der Waals surface area contributed by atoms with Crippen LogP contribution in [0.15, 0.2) is 121 Å². The summed E-state index contributed by atoms with van der Waals surface area (Å²) in [5.74, 6) is 0.0528. The summed E-state index contributed by atoms with van der Waals surface area (Å²) in [6.07, 6.45) is 2.05. The molecule has 8 aromatic carbocycles. The normalized spacial score (nSPS) is 13.2. The van der Waals surface area contributed by atoms with Crippen LogP contribution in [0, 0.1) is 76.3 Å². The number of halogens is 2. The standard InChI is InChI=1S/C85H104F2N2O4.Gd/c1-50-36-58(86)46-66(64-38-56(84(21,22)48-78(3,4)5)44-72(74(64)90)88-68-40-52(80(9,10)11)26-30-60(68)61-31-27-53(41-69(61)88)81(12,13)14)76(50)92-34-25-35-93-77-51(2)37-59(87)47-67(77)65-39-57(85(23,24)49-79(6,7)8)45-73(75(65)91)89-70-42-54(82(15,16)17)28-32-62(70)63-33-29-55(43-71(63)89)83(18,19)20;/h26-33,36-47,90-91H,25,34-35,48-49H2,1-24H3;. The van der Waals surface area contributed by atoms with Crippen LogP contribution >= 0.6 is 0 Å². The van der Waals surface area contributed by atoms with E-state index in [1.807, 2.05) is 26.0 Å². The summed E-state index contributed by atoms with van der Waals surface area (Å²) in [6, 6.07) is 41.1. The molecule has 500 valence electrons. The molecular formula is C85H104F2GdN2O4. The Morgan fingerprint density at radius 3 is 0.883 bits per heavy atom. The number of hydrogen-bond acceptors (Lipinski definition) is 4. The van der Waals surface area contributed by atoms with Crippen LogP contribution in [0.4, 0.5) is 8.78 Å². The van der Waals surface area contributed by atoms with Gasteiger partial charge in [0.1, 0.15) is 34.6 Å². The van der Waals surface area contributed by atoms with Crippen molar-refractivity contribution in [1.29, 1.82) is 0 Å². The van der Waals surface area contributed by atoms with Gasteiger partial charge < -0.3 is 28.8 Å². The van der Waals surface area contributed by atoms with Gasteiger partial charge in [0.05, 0.1) is 46.7 Å². The Kier molecular flexibility index (Phi) is 19.4. The molecule has 2 N–H and O–H groups in total. The average Bonchev–Trinajstić information content (AvgIpc) is 1.58. The van der Waals surface area contributed by atoms with Crippen molar-refractivity contribution < 1.29 is 68.4 Å². The fraction of sp³-hybridized carbons (Fsp3) is 0.435. The van der Waals surface area contributed by atoms with Crippen molar-refractivity contribution >= 4 is 43.6 Å². The molecule has 94 heavy (non-hydrogen) atoms. The zero-order chi connectivity index (χ0) is 68.4. The summed E-state index contributed by atoms with van der Waals surface area (Å²) < 4.78 is 50.7. The first-order chi connectivity index (χ1) is 42.8. The summed E-state index contributed by atoms with van der Waals surface area (Å²) in [4.78, 5) is 0. The van der Waals surface area contributed by atoms with Crippen LogP contribution < -0.4 is 9.47 Å². The summed E-state index contributed by atoms with van der Waals surface area (Å²) >= 11 is 0. The molecule has 10 aromatic rings. The number of hydrogen-bond donors (Lipinski definition) is 2. The topological polar surface area (TPSA) is 68.8 Å².